The molecular formula is C16H20F3N. The molecule has 2 aliphatic rings. The summed E-state index contributed by atoms with van der Waals surface area (Å²) in [6.45, 7) is 0. The van der Waals surface area contributed by atoms with Crippen molar-refractivity contribution in [2.45, 2.75) is 44.3 Å². The second-order valence-electron chi connectivity index (χ2n) is 6.40. The second-order valence-corrected chi connectivity index (χ2v) is 6.40. The van der Waals surface area contributed by atoms with E-state index in [4.69, 9.17) is 5.73 Å². The van der Waals surface area contributed by atoms with E-state index >= 15 is 0 Å². The van der Waals surface area contributed by atoms with Gasteiger partial charge in [-0.2, -0.15) is 13.2 Å². The summed E-state index contributed by atoms with van der Waals surface area (Å²) in [5, 5.41) is 0. The second kappa shape index (κ2) is 5.06. The summed E-state index contributed by atoms with van der Waals surface area (Å²) in [5.74, 6) is 2.03. The van der Waals surface area contributed by atoms with Gasteiger partial charge in [0.05, 0.1) is 5.56 Å². The van der Waals surface area contributed by atoms with Gasteiger partial charge in [-0.25, -0.2) is 0 Å². The van der Waals surface area contributed by atoms with Gasteiger partial charge in [0.2, 0.25) is 0 Å². The monoisotopic (exact) mass is 283 g/mol. The maximum absolute atomic E-state index is 12.7. The zero-order valence-electron chi connectivity index (χ0n) is 11.4. The van der Waals surface area contributed by atoms with Crippen molar-refractivity contribution in [3.63, 3.8) is 0 Å². The third-order valence-corrected chi connectivity index (χ3v) is 5.07. The summed E-state index contributed by atoms with van der Waals surface area (Å²) in [6, 6.07) is 5.59. The quantitative estimate of drug-likeness (QED) is 0.891. The average Bonchev–Trinajstić information content (AvgIpc) is 3.00. The van der Waals surface area contributed by atoms with Gasteiger partial charge in [-0.15, -0.1) is 0 Å². The Labute approximate surface area is 117 Å². The number of fused-ring (bicyclic) bond motifs is 2. The van der Waals surface area contributed by atoms with Crippen LogP contribution >= 0.6 is 0 Å². The van der Waals surface area contributed by atoms with Crippen LogP contribution in [0.4, 0.5) is 13.2 Å². The molecule has 4 heteroatoms. The standard InChI is InChI=1S/C16H20F3N/c17-16(18,19)13-3-1-2-10(7-13)9-15(20)14-8-11-4-5-12(14)6-11/h1-3,7,11-12,14-15H,4-6,8-9,20H2. The van der Waals surface area contributed by atoms with E-state index in [1.807, 2.05) is 0 Å². The third kappa shape index (κ3) is 2.71. The Hall–Kier alpha value is -1.03. The van der Waals surface area contributed by atoms with Gasteiger partial charge in [0, 0.05) is 6.04 Å². The predicted molar refractivity (Wildman–Crippen MR) is 72.1 cm³/mol. The largest absolute Gasteiger partial charge is 0.416 e. The molecule has 0 spiro atoms. The predicted octanol–water partition coefficient (Wildman–Crippen LogP) is 4.01. The molecule has 20 heavy (non-hydrogen) atoms. The third-order valence-electron chi connectivity index (χ3n) is 5.07. The van der Waals surface area contributed by atoms with Crippen LogP contribution in [0.3, 0.4) is 0 Å². The molecule has 2 N–H and O–H groups in total. The number of benzene rings is 1. The van der Waals surface area contributed by atoms with Crippen molar-refractivity contribution in [1.29, 1.82) is 0 Å². The van der Waals surface area contributed by atoms with Crippen LogP contribution in [0.15, 0.2) is 24.3 Å². The minimum Gasteiger partial charge on any atom is -0.327 e. The van der Waals surface area contributed by atoms with E-state index in [9.17, 15) is 13.2 Å². The normalized spacial score (nSPS) is 30.7. The fourth-order valence-electron chi connectivity index (χ4n) is 4.12. The zero-order chi connectivity index (χ0) is 14.3. The average molecular weight is 283 g/mol. The lowest BCUT2D eigenvalue weighted by molar-refractivity contribution is -0.137. The van der Waals surface area contributed by atoms with E-state index in [1.165, 1.54) is 37.8 Å². The van der Waals surface area contributed by atoms with Gasteiger partial charge in [-0.1, -0.05) is 24.6 Å². The fraction of sp³-hybridized carbons (Fsp3) is 0.625. The van der Waals surface area contributed by atoms with E-state index in [1.54, 1.807) is 6.07 Å². The molecule has 1 aromatic rings. The molecule has 0 amide bonds. The Morgan fingerprint density at radius 1 is 1.20 bits per heavy atom. The summed E-state index contributed by atoms with van der Waals surface area (Å²) in [6.07, 6.45) is 1.30. The summed E-state index contributed by atoms with van der Waals surface area (Å²) in [7, 11) is 0. The number of halogens is 3. The van der Waals surface area contributed by atoms with Gasteiger partial charge < -0.3 is 5.73 Å². The number of rotatable bonds is 3. The lowest BCUT2D eigenvalue weighted by Gasteiger charge is -2.28. The molecular weight excluding hydrogens is 263 g/mol. The highest BCUT2D eigenvalue weighted by molar-refractivity contribution is 5.26. The van der Waals surface area contributed by atoms with Crippen LogP contribution in [-0.2, 0) is 12.6 Å². The Morgan fingerprint density at radius 3 is 2.60 bits per heavy atom. The maximum atomic E-state index is 12.7. The molecule has 4 atom stereocenters. The van der Waals surface area contributed by atoms with Gasteiger partial charge in [0.25, 0.3) is 0 Å². The Bertz CT molecular complexity index is 483. The molecule has 0 radical (unpaired) electrons. The smallest absolute Gasteiger partial charge is 0.327 e. The van der Waals surface area contributed by atoms with E-state index in [0.29, 0.717) is 23.8 Å². The van der Waals surface area contributed by atoms with Crippen molar-refractivity contribution < 1.29 is 13.2 Å². The number of hydrogen-bond acceptors (Lipinski definition) is 1. The van der Waals surface area contributed by atoms with Crippen LogP contribution in [0.2, 0.25) is 0 Å². The highest BCUT2D eigenvalue weighted by Gasteiger charge is 2.42. The number of nitrogens with two attached hydrogens (primary N) is 1. The molecule has 3 rings (SSSR count). The van der Waals surface area contributed by atoms with Crippen LogP contribution in [0.25, 0.3) is 0 Å². The lowest BCUT2D eigenvalue weighted by Crippen LogP contribution is -2.35. The van der Waals surface area contributed by atoms with Crippen LogP contribution in [0, 0.1) is 17.8 Å². The van der Waals surface area contributed by atoms with Gasteiger partial charge in [0.15, 0.2) is 0 Å². The Kier molecular flexibility index (Phi) is 3.53. The van der Waals surface area contributed by atoms with Crippen LogP contribution < -0.4 is 5.73 Å². The molecule has 2 aliphatic carbocycles. The summed E-state index contributed by atoms with van der Waals surface area (Å²) in [4.78, 5) is 0. The van der Waals surface area contributed by atoms with Crippen molar-refractivity contribution >= 4 is 0 Å². The molecule has 2 fully saturated rings. The van der Waals surface area contributed by atoms with Crippen molar-refractivity contribution in [3.05, 3.63) is 35.4 Å². The molecule has 0 heterocycles. The first-order valence-corrected chi connectivity index (χ1v) is 7.35. The van der Waals surface area contributed by atoms with Crippen molar-refractivity contribution in [2.75, 3.05) is 0 Å². The van der Waals surface area contributed by atoms with Gasteiger partial charge >= 0.3 is 6.18 Å². The molecule has 110 valence electrons. The summed E-state index contributed by atoms with van der Waals surface area (Å²) >= 11 is 0. The van der Waals surface area contributed by atoms with Gasteiger partial charge in [-0.3, -0.25) is 0 Å². The molecule has 0 saturated heterocycles. The summed E-state index contributed by atoms with van der Waals surface area (Å²) in [5.41, 5.74) is 6.41. The lowest BCUT2D eigenvalue weighted by atomic mass is 9.81. The molecule has 4 unspecified atom stereocenters. The van der Waals surface area contributed by atoms with E-state index in [2.05, 4.69) is 0 Å². The fourth-order valence-corrected chi connectivity index (χ4v) is 4.12. The molecule has 2 saturated carbocycles. The Morgan fingerprint density at radius 2 is 2.00 bits per heavy atom. The SMILES string of the molecule is NC(Cc1cccc(C(F)(F)F)c1)C1CC2CCC1C2. The first-order valence-electron chi connectivity index (χ1n) is 7.35. The van der Waals surface area contributed by atoms with E-state index in [-0.39, 0.29) is 6.04 Å². The van der Waals surface area contributed by atoms with Crippen LogP contribution in [-0.4, -0.2) is 6.04 Å². The number of alkyl halides is 3. The minimum atomic E-state index is -4.27. The van der Waals surface area contributed by atoms with Crippen molar-refractivity contribution in [1.82, 2.24) is 0 Å². The van der Waals surface area contributed by atoms with Gasteiger partial charge in [0.1, 0.15) is 0 Å². The topological polar surface area (TPSA) is 26.0 Å². The highest BCUT2D eigenvalue weighted by atomic mass is 19.4. The first kappa shape index (κ1) is 13.9. The molecule has 0 aliphatic heterocycles. The van der Waals surface area contributed by atoms with E-state index < -0.39 is 11.7 Å². The van der Waals surface area contributed by atoms with Gasteiger partial charge in [-0.05, 0) is 55.1 Å². The van der Waals surface area contributed by atoms with Crippen molar-refractivity contribution in [2.24, 2.45) is 23.5 Å². The molecule has 2 bridgehead atoms. The maximum Gasteiger partial charge on any atom is 0.416 e. The zero-order valence-corrected chi connectivity index (χ0v) is 11.4. The molecule has 1 aromatic carbocycles. The Balaban J connectivity index is 1.68. The van der Waals surface area contributed by atoms with Crippen LogP contribution in [0.1, 0.15) is 36.8 Å². The molecule has 1 nitrogen and oxygen atoms in total. The van der Waals surface area contributed by atoms with Crippen LogP contribution in [0.5, 0.6) is 0 Å². The molecule has 0 aromatic heterocycles. The minimum absolute atomic E-state index is 0.00576. The van der Waals surface area contributed by atoms with Crippen molar-refractivity contribution in [3.8, 4) is 0 Å². The number of hydrogen-bond donors (Lipinski definition) is 1. The highest BCUT2D eigenvalue weighted by Crippen LogP contribution is 2.49. The first-order chi connectivity index (χ1) is 9.43. The summed E-state index contributed by atoms with van der Waals surface area (Å²) < 4.78 is 38.1. The van der Waals surface area contributed by atoms with E-state index in [0.717, 1.165) is 12.0 Å².